The molecule has 1 unspecified atom stereocenters. The molecule has 4 rings (SSSR count). The van der Waals surface area contributed by atoms with Crippen molar-refractivity contribution in [1.82, 2.24) is 9.80 Å². The van der Waals surface area contributed by atoms with Crippen LogP contribution < -0.4 is 14.7 Å². The van der Waals surface area contributed by atoms with Crippen molar-refractivity contribution in [2.75, 3.05) is 60.5 Å². The monoisotopic (exact) mass is 663 g/mol. The van der Waals surface area contributed by atoms with Crippen LogP contribution in [-0.4, -0.2) is 97.0 Å². The van der Waals surface area contributed by atoms with Gasteiger partial charge in [0, 0.05) is 62.4 Å². The summed E-state index contributed by atoms with van der Waals surface area (Å²) in [5.41, 5.74) is 1.93. The Morgan fingerprint density at radius 2 is 1.57 bits per heavy atom. The van der Waals surface area contributed by atoms with E-state index in [0.717, 1.165) is 17.8 Å². The van der Waals surface area contributed by atoms with E-state index >= 15 is 0 Å². The SMILES string of the molecule is C=CCN(CC=C)c1ccc(Cl)cc1N1CCN(C(Cc2ccc(N3CCN(C(C)C)CC3=O)cc2)C(=O)OC(C)(C)C)C(=O)C1=O. The minimum Gasteiger partial charge on any atom is -0.458 e. The average Bonchev–Trinajstić information content (AvgIpc) is 3.01. The zero-order valence-corrected chi connectivity index (χ0v) is 28.8. The molecule has 2 saturated heterocycles. The number of halogens is 1. The zero-order chi connectivity index (χ0) is 34.5. The second kappa shape index (κ2) is 15.2. The lowest BCUT2D eigenvalue weighted by atomic mass is 10.0. The first kappa shape index (κ1) is 35.7. The summed E-state index contributed by atoms with van der Waals surface area (Å²) in [7, 11) is 0. The van der Waals surface area contributed by atoms with E-state index in [4.69, 9.17) is 16.3 Å². The molecule has 0 radical (unpaired) electrons. The van der Waals surface area contributed by atoms with E-state index in [9.17, 15) is 19.2 Å². The number of ether oxygens (including phenoxy) is 1. The molecule has 0 N–H and O–H groups in total. The van der Waals surface area contributed by atoms with Crippen LogP contribution in [0.1, 0.15) is 40.2 Å². The molecule has 0 aliphatic carbocycles. The second-order valence-corrected chi connectivity index (χ2v) is 13.5. The molecule has 11 heteroatoms. The smallest absolute Gasteiger partial charge is 0.329 e. The average molecular weight is 664 g/mol. The largest absolute Gasteiger partial charge is 0.458 e. The number of nitrogens with zero attached hydrogens (tertiary/aromatic N) is 5. The molecule has 2 aromatic rings. The van der Waals surface area contributed by atoms with E-state index in [1.54, 1.807) is 56.0 Å². The zero-order valence-electron chi connectivity index (χ0n) is 28.1. The summed E-state index contributed by atoms with van der Waals surface area (Å²) in [5, 5.41) is 0.419. The molecule has 2 aromatic carbocycles. The minimum absolute atomic E-state index is 0.0336. The molecule has 0 spiro atoms. The van der Waals surface area contributed by atoms with Crippen molar-refractivity contribution in [2.45, 2.75) is 58.7 Å². The number of esters is 1. The van der Waals surface area contributed by atoms with Crippen molar-refractivity contribution in [2.24, 2.45) is 0 Å². The quantitative estimate of drug-likeness (QED) is 0.185. The van der Waals surface area contributed by atoms with Gasteiger partial charge in [-0.05, 0) is 70.5 Å². The van der Waals surface area contributed by atoms with Gasteiger partial charge in [0.25, 0.3) is 0 Å². The van der Waals surface area contributed by atoms with E-state index in [0.29, 0.717) is 48.6 Å². The number of benzene rings is 2. The van der Waals surface area contributed by atoms with E-state index in [1.807, 2.05) is 29.2 Å². The maximum absolute atomic E-state index is 13.8. The first-order valence-electron chi connectivity index (χ1n) is 16.0. The number of carbonyl (C=O) groups excluding carboxylic acids is 4. The first-order valence-corrected chi connectivity index (χ1v) is 16.4. The normalized spacial score (nSPS) is 16.8. The van der Waals surface area contributed by atoms with Gasteiger partial charge < -0.3 is 24.3 Å². The number of hydrogen-bond donors (Lipinski definition) is 0. The first-order chi connectivity index (χ1) is 22.2. The van der Waals surface area contributed by atoms with Gasteiger partial charge in [-0.2, -0.15) is 0 Å². The lowest BCUT2D eigenvalue weighted by molar-refractivity contribution is -0.166. The predicted octanol–water partition coefficient (Wildman–Crippen LogP) is 4.70. The van der Waals surface area contributed by atoms with Crippen LogP contribution in [-0.2, 0) is 30.3 Å². The van der Waals surface area contributed by atoms with Crippen LogP contribution in [0, 0.1) is 0 Å². The Kier molecular flexibility index (Phi) is 11.5. The molecular weight excluding hydrogens is 618 g/mol. The molecule has 252 valence electrons. The highest BCUT2D eigenvalue weighted by Crippen LogP contribution is 2.34. The fourth-order valence-corrected chi connectivity index (χ4v) is 6.04. The van der Waals surface area contributed by atoms with Crippen molar-refractivity contribution in [3.8, 4) is 0 Å². The minimum atomic E-state index is -1.04. The number of rotatable bonds is 12. The van der Waals surface area contributed by atoms with Crippen molar-refractivity contribution < 1.29 is 23.9 Å². The summed E-state index contributed by atoms with van der Waals surface area (Å²) in [4.78, 5) is 62.6. The summed E-state index contributed by atoms with van der Waals surface area (Å²) in [5.74, 6) is -2.13. The van der Waals surface area contributed by atoms with Crippen molar-refractivity contribution in [3.05, 3.63) is 78.4 Å². The highest BCUT2D eigenvalue weighted by atomic mass is 35.5. The van der Waals surface area contributed by atoms with Gasteiger partial charge in [0.05, 0.1) is 17.9 Å². The fraction of sp³-hybridized carbons (Fsp3) is 0.444. The van der Waals surface area contributed by atoms with Gasteiger partial charge in [-0.1, -0.05) is 35.9 Å². The molecule has 0 bridgehead atoms. The van der Waals surface area contributed by atoms with Gasteiger partial charge in [-0.25, -0.2) is 4.79 Å². The van der Waals surface area contributed by atoms with E-state index < -0.39 is 29.4 Å². The van der Waals surface area contributed by atoms with Crippen LogP contribution in [0.25, 0.3) is 0 Å². The van der Waals surface area contributed by atoms with Gasteiger partial charge in [0.2, 0.25) is 5.91 Å². The van der Waals surface area contributed by atoms with Gasteiger partial charge in [-0.15, -0.1) is 13.2 Å². The number of anilines is 3. The molecule has 2 fully saturated rings. The highest BCUT2D eigenvalue weighted by molar-refractivity contribution is 6.41. The van der Waals surface area contributed by atoms with Gasteiger partial charge >= 0.3 is 17.8 Å². The third kappa shape index (κ3) is 8.61. The summed E-state index contributed by atoms with van der Waals surface area (Å²) in [6.45, 7) is 20.1. The predicted molar refractivity (Wildman–Crippen MR) is 187 cm³/mol. The van der Waals surface area contributed by atoms with Gasteiger partial charge in [0.15, 0.2) is 0 Å². The Labute approximate surface area is 283 Å². The summed E-state index contributed by atoms with van der Waals surface area (Å²) in [6, 6.07) is 11.9. The molecule has 1 atom stereocenters. The van der Waals surface area contributed by atoms with Gasteiger partial charge in [0.1, 0.15) is 11.6 Å². The van der Waals surface area contributed by atoms with E-state index in [1.165, 1.54) is 9.80 Å². The maximum Gasteiger partial charge on any atom is 0.329 e. The second-order valence-electron chi connectivity index (χ2n) is 13.1. The standard InChI is InChI=1S/C36H46ClN5O5/c1-8-16-38(17-9-2)29-15-12-27(37)23-30(29)41-20-21-42(34(45)33(41)44)31(35(46)47-36(5,6)7)22-26-10-13-28(14-11-26)40-19-18-39(25(3)4)24-32(40)43/h8-15,23,25,31H,1-2,16-22,24H2,3-7H3. The molecule has 2 aliphatic heterocycles. The van der Waals surface area contributed by atoms with E-state index in [2.05, 4.69) is 31.9 Å². The Hall–Kier alpha value is -4.15. The summed E-state index contributed by atoms with van der Waals surface area (Å²) in [6.07, 6.45) is 3.63. The number of amides is 3. The van der Waals surface area contributed by atoms with Crippen LogP contribution in [0.5, 0.6) is 0 Å². The third-order valence-corrected chi connectivity index (χ3v) is 8.47. The lowest BCUT2D eigenvalue weighted by Gasteiger charge is -2.39. The van der Waals surface area contributed by atoms with Crippen molar-refractivity contribution >= 4 is 52.4 Å². The van der Waals surface area contributed by atoms with Crippen LogP contribution in [0.4, 0.5) is 17.1 Å². The third-order valence-electron chi connectivity index (χ3n) is 8.23. The Morgan fingerprint density at radius 3 is 2.15 bits per heavy atom. The molecule has 2 heterocycles. The fourth-order valence-electron chi connectivity index (χ4n) is 5.87. The Morgan fingerprint density at radius 1 is 0.936 bits per heavy atom. The topological polar surface area (TPSA) is 93.7 Å². The van der Waals surface area contributed by atoms with Crippen LogP contribution in [0.3, 0.4) is 0 Å². The highest BCUT2D eigenvalue weighted by Gasteiger charge is 2.42. The van der Waals surface area contributed by atoms with E-state index in [-0.39, 0.29) is 25.4 Å². The molecular formula is C36H46ClN5O5. The number of piperazine rings is 2. The number of carbonyl (C=O) groups is 4. The molecule has 3 amide bonds. The van der Waals surface area contributed by atoms with Crippen LogP contribution in [0.15, 0.2) is 67.8 Å². The van der Waals surface area contributed by atoms with Crippen molar-refractivity contribution in [3.63, 3.8) is 0 Å². The van der Waals surface area contributed by atoms with Gasteiger partial charge in [-0.3, -0.25) is 19.3 Å². The molecule has 10 nitrogen and oxygen atoms in total. The number of hydrogen-bond acceptors (Lipinski definition) is 7. The summed E-state index contributed by atoms with van der Waals surface area (Å²) >= 11 is 6.36. The molecule has 0 saturated carbocycles. The summed E-state index contributed by atoms with van der Waals surface area (Å²) < 4.78 is 5.74. The lowest BCUT2D eigenvalue weighted by Crippen LogP contribution is -2.60. The molecule has 0 aromatic heterocycles. The molecule has 47 heavy (non-hydrogen) atoms. The Balaban J connectivity index is 1.58. The van der Waals surface area contributed by atoms with Crippen LogP contribution >= 0.6 is 11.6 Å². The molecule has 2 aliphatic rings. The van der Waals surface area contributed by atoms with Crippen LogP contribution in [0.2, 0.25) is 5.02 Å². The van der Waals surface area contributed by atoms with Crippen molar-refractivity contribution in [1.29, 1.82) is 0 Å². The maximum atomic E-state index is 13.8. The Bertz CT molecular complexity index is 1490.